The van der Waals surface area contributed by atoms with Crippen molar-refractivity contribution in [3.05, 3.63) is 48.5 Å². The fourth-order valence-corrected chi connectivity index (χ4v) is 2.09. The largest absolute Gasteiger partial charge is 0.495 e. The third kappa shape index (κ3) is 4.10. The van der Waals surface area contributed by atoms with E-state index in [1.807, 2.05) is 55.5 Å². The Morgan fingerprint density at radius 2 is 1.48 bits per heavy atom. The summed E-state index contributed by atoms with van der Waals surface area (Å²) < 4.78 is 10.8. The first-order valence-electron chi connectivity index (χ1n) is 6.67. The molecule has 0 unspecified atom stereocenters. The van der Waals surface area contributed by atoms with Gasteiger partial charge in [-0.2, -0.15) is 0 Å². The molecule has 0 aromatic heterocycles. The van der Waals surface area contributed by atoms with E-state index in [1.165, 1.54) is 0 Å². The van der Waals surface area contributed by atoms with Crippen LogP contribution in [0.15, 0.2) is 48.5 Å². The van der Waals surface area contributed by atoms with Crippen molar-refractivity contribution in [3.8, 4) is 11.5 Å². The summed E-state index contributed by atoms with van der Waals surface area (Å²) in [7, 11) is 1.63. The van der Waals surface area contributed by atoms with Gasteiger partial charge in [-0.1, -0.05) is 24.3 Å². The van der Waals surface area contributed by atoms with Gasteiger partial charge in [0.15, 0.2) is 5.11 Å². The van der Waals surface area contributed by atoms with Crippen LogP contribution in [0.3, 0.4) is 0 Å². The van der Waals surface area contributed by atoms with Crippen molar-refractivity contribution >= 4 is 28.7 Å². The van der Waals surface area contributed by atoms with Crippen LogP contribution in [0.25, 0.3) is 0 Å². The molecule has 0 bridgehead atoms. The summed E-state index contributed by atoms with van der Waals surface area (Å²) in [4.78, 5) is 0. The number of methoxy groups -OCH3 is 1. The molecule has 0 heterocycles. The Morgan fingerprint density at radius 1 is 0.952 bits per heavy atom. The number of rotatable bonds is 5. The molecule has 0 radical (unpaired) electrons. The maximum Gasteiger partial charge on any atom is 0.175 e. The van der Waals surface area contributed by atoms with E-state index in [9.17, 15) is 0 Å². The lowest BCUT2D eigenvalue weighted by Crippen LogP contribution is -2.20. The molecule has 2 rings (SSSR count). The van der Waals surface area contributed by atoms with Gasteiger partial charge in [-0.15, -0.1) is 0 Å². The van der Waals surface area contributed by atoms with E-state index in [2.05, 4.69) is 10.6 Å². The van der Waals surface area contributed by atoms with Crippen molar-refractivity contribution in [2.75, 3.05) is 24.4 Å². The first-order valence-corrected chi connectivity index (χ1v) is 7.08. The van der Waals surface area contributed by atoms with Gasteiger partial charge in [0.25, 0.3) is 0 Å². The summed E-state index contributed by atoms with van der Waals surface area (Å²) >= 11 is 5.34. The van der Waals surface area contributed by atoms with E-state index in [4.69, 9.17) is 21.7 Å². The van der Waals surface area contributed by atoms with Gasteiger partial charge in [0.2, 0.25) is 0 Å². The molecule has 0 aliphatic rings. The van der Waals surface area contributed by atoms with E-state index in [1.54, 1.807) is 7.11 Å². The molecule has 0 fully saturated rings. The van der Waals surface area contributed by atoms with Crippen LogP contribution >= 0.6 is 12.2 Å². The van der Waals surface area contributed by atoms with Gasteiger partial charge in [-0.3, -0.25) is 0 Å². The molecule has 0 atom stereocenters. The van der Waals surface area contributed by atoms with Crippen LogP contribution < -0.4 is 20.1 Å². The molecule has 2 aromatic rings. The second-order valence-electron chi connectivity index (χ2n) is 4.21. The van der Waals surface area contributed by atoms with Gasteiger partial charge in [0.1, 0.15) is 11.5 Å². The fraction of sp³-hybridized carbons (Fsp3) is 0.188. The minimum absolute atomic E-state index is 0.478. The zero-order valence-electron chi connectivity index (χ0n) is 12.1. The summed E-state index contributed by atoms with van der Waals surface area (Å²) in [6, 6.07) is 15.3. The number of hydrogen-bond donors (Lipinski definition) is 2. The summed E-state index contributed by atoms with van der Waals surface area (Å²) in [6.45, 7) is 2.55. The lowest BCUT2D eigenvalue weighted by Gasteiger charge is -2.15. The molecule has 2 aromatic carbocycles. The first-order chi connectivity index (χ1) is 10.2. The quantitative estimate of drug-likeness (QED) is 0.820. The lowest BCUT2D eigenvalue weighted by molar-refractivity contribution is 0.342. The normalized spacial score (nSPS) is 9.81. The Kier molecular flexibility index (Phi) is 5.40. The predicted octanol–water partition coefficient (Wildman–Crippen LogP) is 3.90. The van der Waals surface area contributed by atoms with E-state index >= 15 is 0 Å². The summed E-state index contributed by atoms with van der Waals surface area (Å²) in [5, 5.41) is 6.73. The topological polar surface area (TPSA) is 42.5 Å². The fourth-order valence-electron chi connectivity index (χ4n) is 1.88. The molecular formula is C16H18N2O2S. The van der Waals surface area contributed by atoms with Crippen LogP contribution in [-0.4, -0.2) is 18.8 Å². The average Bonchev–Trinajstić information content (AvgIpc) is 2.50. The summed E-state index contributed by atoms with van der Waals surface area (Å²) in [5.74, 6) is 1.50. The van der Waals surface area contributed by atoms with E-state index in [0.717, 1.165) is 22.9 Å². The van der Waals surface area contributed by atoms with Crippen LogP contribution in [0.1, 0.15) is 6.92 Å². The van der Waals surface area contributed by atoms with Crippen LogP contribution in [0.4, 0.5) is 11.4 Å². The average molecular weight is 302 g/mol. The third-order valence-electron chi connectivity index (χ3n) is 2.79. The van der Waals surface area contributed by atoms with Crippen molar-refractivity contribution in [1.82, 2.24) is 0 Å². The van der Waals surface area contributed by atoms with Gasteiger partial charge in [-0.05, 0) is 43.4 Å². The minimum atomic E-state index is 0.478. The zero-order valence-corrected chi connectivity index (χ0v) is 12.9. The number of nitrogens with one attached hydrogen (secondary N) is 2. The number of hydrogen-bond acceptors (Lipinski definition) is 3. The number of anilines is 2. The first kappa shape index (κ1) is 15.1. The van der Waals surface area contributed by atoms with Crippen molar-refractivity contribution < 1.29 is 9.47 Å². The second-order valence-corrected chi connectivity index (χ2v) is 4.62. The molecule has 21 heavy (non-hydrogen) atoms. The van der Waals surface area contributed by atoms with Gasteiger partial charge in [-0.25, -0.2) is 0 Å². The minimum Gasteiger partial charge on any atom is -0.495 e. The molecule has 2 N–H and O–H groups in total. The van der Waals surface area contributed by atoms with Crippen LogP contribution in [-0.2, 0) is 0 Å². The Labute approximate surface area is 130 Å². The van der Waals surface area contributed by atoms with Gasteiger partial charge in [0, 0.05) is 0 Å². The smallest absolute Gasteiger partial charge is 0.175 e. The number of thiocarbonyl (C=S) groups is 1. The van der Waals surface area contributed by atoms with E-state index in [-0.39, 0.29) is 0 Å². The molecule has 0 aliphatic carbocycles. The predicted molar refractivity (Wildman–Crippen MR) is 90.4 cm³/mol. The maximum absolute atomic E-state index is 5.56. The van der Waals surface area contributed by atoms with Crippen molar-refractivity contribution in [3.63, 3.8) is 0 Å². The Morgan fingerprint density at radius 3 is 2.05 bits per heavy atom. The number of benzene rings is 2. The van der Waals surface area contributed by atoms with Crippen molar-refractivity contribution in [2.24, 2.45) is 0 Å². The summed E-state index contributed by atoms with van der Waals surface area (Å²) in [5.41, 5.74) is 1.64. The van der Waals surface area contributed by atoms with Crippen molar-refractivity contribution in [1.29, 1.82) is 0 Å². The lowest BCUT2D eigenvalue weighted by atomic mass is 10.3. The maximum atomic E-state index is 5.56. The highest BCUT2D eigenvalue weighted by Gasteiger charge is 2.07. The monoisotopic (exact) mass is 302 g/mol. The summed E-state index contributed by atoms with van der Waals surface area (Å²) in [6.07, 6.45) is 0. The Balaban J connectivity index is 2.08. The molecule has 0 spiro atoms. The van der Waals surface area contributed by atoms with E-state index < -0.39 is 0 Å². The molecule has 0 saturated heterocycles. The van der Waals surface area contributed by atoms with Crippen LogP contribution in [0, 0.1) is 0 Å². The van der Waals surface area contributed by atoms with Crippen LogP contribution in [0.5, 0.6) is 11.5 Å². The van der Waals surface area contributed by atoms with E-state index in [0.29, 0.717) is 11.7 Å². The molecule has 5 heteroatoms. The Hall–Kier alpha value is -2.27. The van der Waals surface area contributed by atoms with Crippen molar-refractivity contribution in [2.45, 2.75) is 6.92 Å². The highest BCUT2D eigenvalue weighted by molar-refractivity contribution is 7.80. The van der Waals surface area contributed by atoms with Gasteiger partial charge < -0.3 is 20.1 Å². The zero-order chi connectivity index (χ0) is 15.1. The molecule has 0 amide bonds. The van der Waals surface area contributed by atoms with Gasteiger partial charge in [0.05, 0.1) is 25.1 Å². The van der Waals surface area contributed by atoms with Gasteiger partial charge >= 0.3 is 0 Å². The molecule has 4 nitrogen and oxygen atoms in total. The highest BCUT2D eigenvalue weighted by atomic mass is 32.1. The second kappa shape index (κ2) is 7.50. The number of para-hydroxylation sites is 4. The third-order valence-corrected chi connectivity index (χ3v) is 2.99. The number of ether oxygens (including phenoxy) is 2. The Bertz CT molecular complexity index is 617. The molecular weight excluding hydrogens is 284 g/mol. The molecule has 0 saturated carbocycles. The molecule has 0 aliphatic heterocycles. The highest BCUT2D eigenvalue weighted by Crippen LogP contribution is 2.26. The standard InChI is InChI=1S/C16H18N2O2S/c1-3-20-15-11-7-5-9-13(15)18-16(21)17-12-8-4-6-10-14(12)19-2/h4-11H,3H2,1-2H3,(H2,17,18,21). The SMILES string of the molecule is CCOc1ccccc1NC(=S)Nc1ccccc1OC. The molecule has 110 valence electrons. The van der Waals surface area contributed by atoms with Crippen LogP contribution in [0.2, 0.25) is 0 Å².